The standard InChI is InChI=1S/C12H14FN3O3/c13-7-3-4-8(9(17)5-7)12(18)15-10(6-1-2-6)11(14)16-19/h3-6,10,17,19H,1-2H2,(H2,14,16)(H,15,18). The van der Waals surface area contributed by atoms with Crippen molar-refractivity contribution in [1.29, 1.82) is 0 Å². The van der Waals surface area contributed by atoms with Crippen LogP contribution in [-0.2, 0) is 0 Å². The molecule has 0 aromatic heterocycles. The number of carbonyl (C=O) groups is 1. The van der Waals surface area contributed by atoms with E-state index in [1.165, 1.54) is 6.07 Å². The largest absolute Gasteiger partial charge is 0.507 e. The van der Waals surface area contributed by atoms with Crippen molar-refractivity contribution in [1.82, 2.24) is 5.32 Å². The van der Waals surface area contributed by atoms with E-state index in [2.05, 4.69) is 10.5 Å². The van der Waals surface area contributed by atoms with Gasteiger partial charge in [-0.05, 0) is 30.9 Å². The Bertz CT molecular complexity index is 529. The van der Waals surface area contributed by atoms with Gasteiger partial charge in [0.2, 0.25) is 0 Å². The van der Waals surface area contributed by atoms with Crippen LogP contribution in [0, 0.1) is 11.7 Å². The van der Waals surface area contributed by atoms with Gasteiger partial charge < -0.3 is 21.4 Å². The van der Waals surface area contributed by atoms with E-state index in [0.717, 1.165) is 25.0 Å². The third-order valence-electron chi connectivity index (χ3n) is 3.02. The third-order valence-corrected chi connectivity index (χ3v) is 3.02. The molecule has 102 valence electrons. The molecule has 1 fully saturated rings. The molecule has 1 aliphatic carbocycles. The fraction of sp³-hybridized carbons (Fsp3) is 0.333. The Hall–Kier alpha value is -2.31. The van der Waals surface area contributed by atoms with Crippen LogP contribution in [0.2, 0.25) is 0 Å². The molecule has 0 aliphatic heterocycles. The van der Waals surface area contributed by atoms with Gasteiger partial charge in [0, 0.05) is 6.07 Å². The highest BCUT2D eigenvalue weighted by Crippen LogP contribution is 2.33. The number of halogens is 1. The summed E-state index contributed by atoms with van der Waals surface area (Å²) in [6.07, 6.45) is 1.74. The maximum absolute atomic E-state index is 12.8. The van der Waals surface area contributed by atoms with Crippen molar-refractivity contribution in [2.45, 2.75) is 18.9 Å². The highest BCUT2D eigenvalue weighted by molar-refractivity contribution is 6.00. The molecular formula is C12H14FN3O3. The smallest absolute Gasteiger partial charge is 0.255 e. The number of nitrogens with two attached hydrogens (primary N) is 1. The Morgan fingerprint density at radius 1 is 1.53 bits per heavy atom. The molecule has 1 unspecified atom stereocenters. The zero-order chi connectivity index (χ0) is 14.0. The Morgan fingerprint density at radius 2 is 2.21 bits per heavy atom. The molecule has 7 heteroatoms. The fourth-order valence-electron chi connectivity index (χ4n) is 1.84. The van der Waals surface area contributed by atoms with E-state index in [4.69, 9.17) is 10.9 Å². The van der Waals surface area contributed by atoms with E-state index in [1.807, 2.05) is 0 Å². The summed E-state index contributed by atoms with van der Waals surface area (Å²) >= 11 is 0. The summed E-state index contributed by atoms with van der Waals surface area (Å²) in [5.74, 6) is -1.64. The van der Waals surface area contributed by atoms with Crippen LogP contribution in [0.1, 0.15) is 23.2 Å². The van der Waals surface area contributed by atoms with Gasteiger partial charge in [-0.3, -0.25) is 4.79 Å². The molecule has 0 heterocycles. The number of oxime groups is 1. The summed E-state index contributed by atoms with van der Waals surface area (Å²) in [7, 11) is 0. The Kier molecular flexibility index (Phi) is 3.55. The van der Waals surface area contributed by atoms with Crippen molar-refractivity contribution < 1.29 is 19.5 Å². The lowest BCUT2D eigenvalue weighted by Crippen LogP contribution is -2.46. The molecule has 1 atom stereocenters. The van der Waals surface area contributed by atoms with Crippen LogP contribution in [0.3, 0.4) is 0 Å². The van der Waals surface area contributed by atoms with Crippen LogP contribution >= 0.6 is 0 Å². The molecule has 5 N–H and O–H groups in total. The monoisotopic (exact) mass is 267 g/mol. The van der Waals surface area contributed by atoms with E-state index in [-0.39, 0.29) is 17.3 Å². The van der Waals surface area contributed by atoms with Gasteiger partial charge in [-0.1, -0.05) is 5.16 Å². The van der Waals surface area contributed by atoms with Crippen LogP contribution in [0.5, 0.6) is 5.75 Å². The van der Waals surface area contributed by atoms with Gasteiger partial charge in [-0.15, -0.1) is 0 Å². The molecule has 0 radical (unpaired) electrons. The Balaban J connectivity index is 2.15. The number of rotatable bonds is 4. The Morgan fingerprint density at radius 3 is 2.74 bits per heavy atom. The van der Waals surface area contributed by atoms with Crippen LogP contribution in [0.4, 0.5) is 4.39 Å². The second-order valence-electron chi connectivity index (χ2n) is 4.47. The zero-order valence-electron chi connectivity index (χ0n) is 10.0. The van der Waals surface area contributed by atoms with Crippen LogP contribution in [0.15, 0.2) is 23.4 Å². The van der Waals surface area contributed by atoms with Gasteiger partial charge in [0.25, 0.3) is 5.91 Å². The van der Waals surface area contributed by atoms with Gasteiger partial charge in [0.05, 0.1) is 11.6 Å². The molecule has 1 aromatic carbocycles. The van der Waals surface area contributed by atoms with E-state index in [0.29, 0.717) is 0 Å². The molecular weight excluding hydrogens is 253 g/mol. The lowest BCUT2D eigenvalue weighted by Gasteiger charge is -2.17. The first-order valence-corrected chi connectivity index (χ1v) is 5.79. The minimum atomic E-state index is -0.635. The molecule has 1 aromatic rings. The number of phenols is 1. The van der Waals surface area contributed by atoms with E-state index >= 15 is 0 Å². The van der Waals surface area contributed by atoms with Gasteiger partial charge in [-0.25, -0.2) is 4.39 Å². The number of hydrogen-bond donors (Lipinski definition) is 4. The normalized spacial score (nSPS) is 17.0. The molecule has 2 rings (SSSR count). The summed E-state index contributed by atoms with van der Waals surface area (Å²) < 4.78 is 12.8. The molecule has 0 spiro atoms. The SMILES string of the molecule is N/C(=N/O)C(NC(=O)c1ccc(F)cc1O)C1CC1. The number of aromatic hydroxyl groups is 1. The predicted octanol–water partition coefficient (Wildman–Crippen LogP) is 0.786. The second-order valence-corrected chi connectivity index (χ2v) is 4.47. The van der Waals surface area contributed by atoms with Gasteiger partial charge in [0.15, 0.2) is 5.84 Å². The number of nitrogens with zero attached hydrogens (tertiary/aromatic N) is 1. The fourth-order valence-corrected chi connectivity index (χ4v) is 1.84. The minimum absolute atomic E-state index is 0.0576. The molecule has 1 saturated carbocycles. The molecule has 1 amide bonds. The maximum atomic E-state index is 12.8. The van der Waals surface area contributed by atoms with Gasteiger partial charge in [0.1, 0.15) is 11.6 Å². The lowest BCUT2D eigenvalue weighted by molar-refractivity contribution is 0.0940. The quantitative estimate of drug-likeness (QED) is 0.280. The highest BCUT2D eigenvalue weighted by atomic mass is 19.1. The molecule has 19 heavy (non-hydrogen) atoms. The maximum Gasteiger partial charge on any atom is 0.255 e. The summed E-state index contributed by atoms with van der Waals surface area (Å²) in [6.45, 7) is 0. The highest BCUT2D eigenvalue weighted by Gasteiger charge is 2.35. The second kappa shape index (κ2) is 5.13. The van der Waals surface area contributed by atoms with Crippen molar-refractivity contribution in [2.75, 3.05) is 0 Å². The molecule has 1 aliphatic rings. The first-order chi connectivity index (χ1) is 9.02. The van der Waals surface area contributed by atoms with Gasteiger partial charge in [-0.2, -0.15) is 0 Å². The summed E-state index contributed by atoms with van der Waals surface area (Å²) in [4.78, 5) is 12.0. The first-order valence-electron chi connectivity index (χ1n) is 5.79. The average molecular weight is 267 g/mol. The van der Waals surface area contributed by atoms with Crippen molar-refractivity contribution in [2.24, 2.45) is 16.8 Å². The first kappa shape index (κ1) is 13.1. The molecule has 0 bridgehead atoms. The van der Waals surface area contributed by atoms with E-state index in [9.17, 15) is 14.3 Å². The summed E-state index contributed by atoms with van der Waals surface area (Å²) in [5, 5.41) is 23.6. The van der Waals surface area contributed by atoms with Crippen molar-refractivity contribution in [3.8, 4) is 5.75 Å². The van der Waals surface area contributed by atoms with Crippen molar-refractivity contribution in [3.05, 3.63) is 29.6 Å². The average Bonchev–Trinajstić information content (AvgIpc) is 3.19. The number of hydrogen-bond acceptors (Lipinski definition) is 4. The van der Waals surface area contributed by atoms with E-state index in [1.54, 1.807) is 0 Å². The van der Waals surface area contributed by atoms with Crippen LogP contribution in [0.25, 0.3) is 0 Å². The molecule has 0 saturated heterocycles. The van der Waals surface area contributed by atoms with Crippen molar-refractivity contribution >= 4 is 11.7 Å². The van der Waals surface area contributed by atoms with Crippen LogP contribution < -0.4 is 11.1 Å². The number of amides is 1. The Labute approximate surface area is 108 Å². The number of nitrogens with one attached hydrogen (secondary N) is 1. The number of carbonyl (C=O) groups excluding carboxylic acids is 1. The number of benzene rings is 1. The lowest BCUT2D eigenvalue weighted by atomic mass is 10.1. The predicted molar refractivity (Wildman–Crippen MR) is 65.5 cm³/mol. The van der Waals surface area contributed by atoms with Crippen molar-refractivity contribution in [3.63, 3.8) is 0 Å². The molecule has 6 nitrogen and oxygen atoms in total. The topological polar surface area (TPSA) is 108 Å². The van der Waals surface area contributed by atoms with Crippen LogP contribution in [-0.4, -0.2) is 28.1 Å². The third kappa shape index (κ3) is 2.93. The van der Waals surface area contributed by atoms with Gasteiger partial charge >= 0.3 is 0 Å². The number of amidine groups is 1. The minimum Gasteiger partial charge on any atom is -0.507 e. The number of phenolic OH excluding ortho intramolecular Hbond substituents is 1. The zero-order valence-corrected chi connectivity index (χ0v) is 10.0. The summed E-state index contributed by atoms with van der Waals surface area (Å²) in [5.41, 5.74) is 5.45. The summed E-state index contributed by atoms with van der Waals surface area (Å²) in [6, 6.07) is 2.52. The van der Waals surface area contributed by atoms with E-state index < -0.39 is 23.5 Å².